The summed E-state index contributed by atoms with van der Waals surface area (Å²) in [5, 5.41) is 0.341. The van der Waals surface area contributed by atoms with Crippen LogP contribution in [0.15, 0.2) is 28.0 Å². The van der Waals surface area contributed by atoms with E-state index in [-0.39, 0.29) is 11.6 Å². The minimum absolute atomic E-state index is 0.196. The Hall–Kier alpha value is -2.03. The normalized spacial score (nSPS) is 12.2. The number of pyridine rings is 1. The Morgan fingerprint density at radius 2 is 2.10 bits per heavy atom. The van der Waals surface area contributed by atoms with Gasteiger partial charge in [-0.25, -0.2) is 9.97 Å². The number of rotatable bonds is 3. The van der Waals surface area contributed by atoms with Gasteiger partial charge in [0.15, 0.2) is 11.2 Å². The van der Waals surface area contributed by atoms with Crippen LogP contribution in [0.3, 0.4) is 0 Å². The Bertz CT molecular complexity index is 780. The molecule has 0 amide bonds. The molecule has 5 nitrogen and oxygen atoms in total. The summed E-state index contributed by atoms with van der Waals surface area (Å²) in [6.45, 7) is 1.84. The maximum atomic E-state index is 12.4. The van der Waals surface area contributed by atoms with E-state index < -0.39 is 11.9 Å². The molecule has 0 saturated heterocycles. The molecule has 0 aliphatic heterocycles. The summed E-state index contributed by atoms with van der Waals surface area (Å²) in [5.41, 5.74) is 0.965. The molecule has 110 valence electrons. The molecule has 0 saturated carbocycles. The third kappa shape index (κ3) is 3.02. The van der Waals surface area contributed by atoms with E-state index in [4.69, 9.17) is 4.42 Å². The van der Waals surface area contributed by atoms with Crippen molar-refractivity contribution in [1.82, 2.24) is 19.9 Å². The number of fused-ring (bicyclic) bond motifs is 1. The summed E-state index contributed by atoms with van der Waals surface area (Å²) in [6.07, 6.45) is -3.65. The minimum atomic E-state index is -4.42. The third-order valence-electron chi connectivity index (χ3n) is 2.64. The standard InChI is InChI=1S/C12H9F3N4OS/c1-6-2-3-7-10(17-6)19-11(20-7)21-5-9-16-4-8(18-9)12(13,14)15/h2-4H,5H2,1H3,(H,16,18). The van der Waals surface area contributed by atoms with Crippen LogP contribution in [0.4, 0.5) is 13.2 Å². The van der Waals surface area contributed by atoms with Crippen LogP contribution in [-0.2, 0) is 11.9 Å². The Labute approximate surface area is 121 Å². The minimum Gasteiger partial charge on any atom is -0.430 e. The van der Waals surface area contributed by atoms with E-state index in [2.05, 4.69) is 19.9 Å². The number of oxazole rings is 1. The van der Waals surface area contributed by atoms with E-state index in [0.29, 0.717) is 16.5 Å². The highest BCUT2D eigenvalue weighted by atomic mass is 32.2. The van der Waals surface area contributed by atoms with Crippen LogP contribution in [0, 0.1) is 6.92 Å². The van der Waals surface area contributed by atoms with Crippen molar-refractivity contribution in [2.24, 2.45) is 0 Å². The van der Waals surface area contributed by atoms with Gasteiger partial charge in [-0.05, 0) is 19.1 Å². The SMILES string of the molecule is Cc1ccc2oc(SCc3ncc(C(F)(F)F)[nH]3)nc2n1. The van der Waals surface area contributed by atoms with Crippen LogP contribution >= 0.6 is 11.8 Å². The number of H-pyrrole nitrogens is 1. The molecule has 0 unspecified atom stereocenters. The Morgan fingerprint density at radius 1 is 1.29 bits per heavy atom. The molecule has 9 heteroatoms. The molecule has 3 aromatic heterocycles. The number of aryl methyl sites for hydroxylation is 1. The maximum absolute atomic E-state index is 12.4. The number of aromatic amines is 1. The highest BCUT2D eigenvalue weighted by molar-refractivity contribution is 7.98. The summed E-state index contributed by atoms with van der Waals surface area (Å²) in [5.74, 6) is 0.403. The van der Waals surface area contributed by atoms with E-state index >= 15 is 0 Å². The maximum Gasteiger partial charge on any atom is 0.432 e. The largest absolute Gasteiger partial charge is 0.432 e. The van der Waals surface area contributed by atoms with Gasteiger partial charge >= 0.3 is 6.18 Å². The van der Waals surface area contributed by atoms with Crippen molar-refractivity contribution in [2.75, 3.05) is 0 Å². The number of halogens is 3. The van der Waals surface area contributed by atoms with E-state index in [1.165, 1.54) is 0 Å². The monoisotopic (exact) mass is 314 g/mol. The highest BCUT2D eigenvalue weighted by Gasteiger charge is 2.32. The van der Waals surface area contributed by atoms with Crippen molar-refractivity contribution in [1.29, 1.82) is 0 Å². The number of thioether (sulfide) groups is 1. The van der Waals surface area contributed by atoms with Crippen LogP contribution in [0.2, 0.25) is 0 Å². The lowest BCUT2D eigenvalue weighted by molar-refractivity contribution is -0.140. The van der Waals surface area contributed by atoms with Gasteiger partial charge in [0.2, 0.25) is 0 Å². The fraction of sp³-hybridized carbons (Fsp3) is 0.250. The topological polar surface area (TPSA) is 67.6 Å². The molecular formula is C12H9F3N4OS. The van der Waals surface area contributed by atoms with Crippen LogP contribution < -0.4 is 0 Å². The van der Waals surface area contributed by atoms with Gasteiger partial charge in [-0.2, -0.15) is 18.2 Å². The summed E-state index contributed by atoms with van der Waals surface area (Å²) in [4.78, 5) is 14.3. The van der Waals surface area contributed by atoms with Crippen LogP contribution in [0.25, 0.3) is 11.2 Å². The summed E-state index contributed by atoms with van der Waals surface area (Å²) in [6, 6.07) is 3.55. The molecule has 0 atom stereocenters. The highest BCUT2D eigenvalue weighted by Crippen LogP contribution is 2.29. The molecule has 0 aliphatic carbocycles. The Morgan fingerprint density at radius 3 is 2.81 bits per heavy atom. The Balaban J connectivity index is 1.73. The molecule has 3 rings (SSSR count). The van der Waals surface area contributed by atoms with Crippen molar-refractivity contribution in [2.45, 2.75) is 24.1 Å². The molecule has 3 heterocycles. The van der Waals surface area contributed by atoms with Gasteiger partial charge in [0.25, 0.3) is 5.22 Å². The summed E-state index contributed by atoms with van der Waals surface area (Å²) in [7, 11) is 0. The second-order valence-corrected chi connectivity index (χ2v) is 5.21. The molecule has 0 radical (unpaired) electrons. The first-order valence-corrected chi connectivity index (χ1v) is 6.88. The van der Waals surface area contributed by atoms with Gasteiger partial charge in [-0.15, -0.1) is 0 Å². The summed E-state index contributed by atoms with van der Waals surface area (Å²) >= 11 is 1.15. The quantitative estimate of drug-likeness (QED) is 0.749. The molecule has 1 N–H and O–H groups in total. The molecule has 0 fully saturated rings. The number of hydrogen-bond acceptors (Lipinski definition) is 5. The second-order valence-electron chi connectivity index (χ2n) is 4.28. The van der Waals surface area contributed by atoms with Crippen molar-refractivity contribution in [3.63, 3.8) is 0 Å². The zero-order valence-corrected chi connectivity index (χ0v) is 11.5. The van der Waals surface area contributed by atoms with Gasteiger partial charge < -0.3 is 9.40 Å². The van der Waals surface area contributed by atoms with Crippen molar-refractivity contribution in [3.05, 3.63) is 35.5 Å². The van der Waals surface area contributed by atoms with E-state index in [9.17, 15) is 13.2 Å². The van der Waals surface area contributed by atoms with Gasteiger partial charge in [0, 0.05) is 5.69 Å². The summed E-state index contributed by atoms with van der Waals surface area (Å²) < 4.78 is 42.7. The molecule has 0 aliphatic rings. The molecule has 0 aromatic carbocycles. The predicted octanol–water partition coefficient (Wildman–Crippen LogP) is 3.57. The average Bonchev–Trinajstić information content (AvgIpc) is 3.01. The Kier molecular flexibility index (Phi) is 3.36. The van der Waals surface area contributed by atoms with Crippen molar-refractivity contribution >= 4 is 23.0 Å². The van der Waals surface area contributed by atoms with Crippen LogP contribution in [-0.4, -0.2) is 19.9 Å². The van der Waals surface area contributed by atoms with Gasteiger partial charge in [0.05, 0.1) is 11.9 Å². The lowest BCUT2D eigenvalue weighted by Gasteiger charge is -2.00. The average molecular weight is 314 g/mol. The molecule has 3 aromatic rings. The third-order valence-corrected chi connectivity index (χ3v) is 3.48. The van der Waals surface area contributed by atoms with Crippen LogP contribution in [0.5, 0.6) is 0 Å². The van der Waals surface area contributed by atoms with Crippen LogP contribution in [0.1, 0.15) is 17.2 Å². The molecular weight excluding hydrogens is 305 g/mol. The van der Waals surface area contributed by atoms with Gasteiger partial charge in [-0.3, -0.25) is 0 Å². The van der Waals surface area contributed by atoms with Crippen molar-refractivity contribution < 1.29 is 17.6 Å². The first kappa shape index (κ1) is 13.9. The lowest BCUT2D eigenvalue weighted by atomic mass is 10.4. The molecule has 0 bridgehead atoms. The second kappa shape index (κ2) is 5.06. The van der Waals surface area contributed by atoms with Gasteiger partial charge in [-0.1, -0.05) is 11.8 Å². The fourth-order valence-electron chi connectivity index (χ4n) is 1.67. The first-order chi connectivity index (χ1) is 9.91. The van der Waals surface area contributed by atoms with E-state index in [1.54, 1.807) is 12.1 Å². The zero-order chi connectivity index (χ0) is 15.0. The number of aromatic nitrogens is 4. The number of nitrogens with one attached hydrogen (secondary N) is 1. The number of hydrogen-bond donors (Lipinski definition) is 1. The predicted molar refractivity (Wildman–Crippen MR) is 69.7 cm³/mol. The molecule has 21 heavy (non-hydrogen) atoms. The van der Waals surface area contributed by atoms with Gasteiger partial charge in [0.1, 0.15) is 11.5 Å². The number of nitrogens with zero attached hydrogens (tertiary/aromatic N) is 3. The van der Waals surface area contributed by atoms with Crippen molar-refractivity contribution in [3.8, 4) is 0 Å². The smallest absolute Gasteiger partial charge is 0.430 e. The first-order valence-electron chi connectivity index (χ1n) is 5.90. The van der Waals surface area contributed by atoms with E-state index in [1.807, 2.05) is 6.92 Å². The molecule has 0 spiro atoms. The lowest BCUT2D eigenvalue weighted by Crippen LogP contribution is -2.05. The number of imidazole rings is 1. The number of alkyl halides is 3. The fourth-order valence-corrected chi connectivity index (χ4v) is 2.37. The zero-order valence-electron chi connectivity index (χ0n) is 10.7. The van der Waals surface area contributed by atoms with E-state index in [0.717, 1.165) is 23.7 Å².